The van der Waals surface area contributed by atoms with Gasteiger partial charge in [0.1, 0.15) is 0 Å². The lowest BCUT2D eigenvalue weighted by Gasteiger charge is -2.00. The molecule has 1 N–H and O–H groups in total. The topological polar surface area (TPSA) is 91.8 Å². The van der Waals surface area contributed by atoms with E-state index in [1.807, 2.05) is 6.07 Å². The molecule has 0 unspecified atom stereocenters. The fraction of sp³-hybridized carbons (Fsp3) is 0.750. The monoisotopic (exact) mass is 310 g/mol. The van der Waals surface area contributed by atoms with Gasteiger partial charge in [-0.25, -0.2) is 6.57 Å². The lowest BCUT2D eigenvalue weighted by molar-refractivity contribution is -0.137. The summed E-state index contributed by atoms with van der Waals surface area (Å²) in [5.74, 6) is -0.718. The van der Waals surface area contributed by atoms with Gasteiger partial charge in [0.15, 0.2) is 0 Å². The molecule has 6 heteroatoms. The van der Waals surface area contributed by atoms with Gasteiger partial charge in [-0.15, -0.1) is 0 Å². The number of rotatable bonds is 13. The van der Waals surface area contributed by atoms with Crippen LogP contribution in [0.15, 0.2) is 0 Å². The number of ether oxygens (including phenoxy) is 1. The summed E-state index contributed by atoms with van der Waals surface area (Å²) in [5, 5.41) is 16.4. The fourth-order valence-electron chi connectivity index (χ4n) is 1.61. The Hall–Kier alpha value is -2.08. The van der Waals surface area contributed by atoms with Gasteiger partial charge in [-0.2, -0.15) is 5.26 Å². The Kier molecular flexibility index (Phi) is 21.4. The van der Waals surface area contributed by atoms with E-state index < -0.39 is 5.97 Å². The zero-order valence-electron chi connectivity index (χ0n) is 13.1. The minimum absolute atomic E-state index is 0.272. The van der Waals surface area contributed by atoms with Gasteiger partial charge in [-0.3, -0.25) is 9.59 Å². The van der Waals surface area contributed by atoms with Crippen molar-refractivity contribution in [1.29, 1.82) is 5.26 Å². The fourth-order valence-corrected chi connectivity index (χ4v) is 1.61. The highest BCUT2D eigenvalue weighted by molar-refractivity contribution is 5.66. The maximum Gasteiger partial charge on any atom is 0.303 e. The van der Waals surface area contributed by atoms with Gasteiger partial charge in [-0.05, 0) is 19.3 Å². The number of nitrogens with zero attached hydrogens (tertiary/aromatic N) is 2. The molecular weight excluding hydrogens is 284 g/mol. The number of aliphatic carboxylic acids is 1. The molecule has 0 bridgehead atoms. The maximum absolute atomic E-state index is 10.2. The van der Waals surface area contributed by atoms with Crippen molar-refractivity contribution < 1.29 is 19.4 Å². The predicted molar refractivity (Wildman–Crippen MR) is 82.9 cm³/mol. The van der Waals surface area contributed by atoms with E-state index in [0.717, 1.165) is 51.4 Å². The van der Waals surface area contributed by atoms with E-state index in [9.17, 15) is 9.59 Å². The standard InChI is InChI=1S/C10H18O4.C6H8N2/c11-9-14-8-6-4-2-1-3-5-7-10(12)13;1-8-6-4-2-3-5-7/h9H,1-8H2,(H,12,13);2-4,6H2. The third-order valence-electron chi connectivity index (χ3n) is 2.78. The molecule has 124 valence electrons. The summed E-state index contributed by atoms with van der Waals surface area (Å²) in [6, 6.07) is 2.02. The lowest BCUT2D eigenvalue weighted by Crippen LogP contribution is -1.94. The van der Waals surface area contributed by atoms with Crippen molar-refractivity contribution in [3.8, 4) is 6.07 Å². The number of carbonyl (C=O) groups is 2. The molecule has 0 saturated heterocycles. The van der Waals surface area contributed by atoms with Gasteiger partial charge in [0.05, 0.1) is 12.7 Å². The first-order valence-electron chi connectivity index (χ1n) is 7.66. The van der Waals surface area contributed by atoms with E-state index in [2.05, 4.69) is 9.58 Å². The highest BCUT2D eigenvalue weighted by atomic mass is 16.5. The Labute approximate surface area is 132 Å². The Morgan fingerprint density at radius 3 is 2.32 bits per heavy atom. The summed E-state index contributed by atoms with van der Waals surface area (Å²) < 4.78 is 4.53. The molecule has 0 aromatic rings. The highest BCUT2D eigenvalue weighted by Gasteiger charge is 1.96. The molecule has 0 aliphatic carbocycles. The molecule has 0 aliphatic rings. The number of nitriles is 1. The van der Waals surface area contributed by atoms with E-state index >= 15 is 0 Å². The average Bonchev–Trinajstić information content (AvgIpc) is 2.50. The summed E-state index contributed by atoms with van der Waals surface area (Å²) in [7, 11) is 0. The summed E-state index contributed by atoms with van der Waals surface area (Å²) in [6.07, 6.45) is 8.44. The molecule has 0 atom stereocenters. The summed E-state index contributed by atoms with van der Waals surface area (Å²) >= 11 is 0. The quantitative estimate of drug-likeness (QED) is 0.319. The second kappa shape index (κ2) is 21.2. The van der Waals surface area contributed by atoms with E-state index in [1.54, 1.807) is 0 Å². The van der Waals surface area contributed by atoms with E-state index in [-0.39, 0.29) is 6.42 Å². The summed E-state index contributed by atoms with van der Waals surface area (Å²) in [5.41, 5.74) is 0. The van der Waals surface area contributed by atoms with Crippen molar-refractivity contribution in [3.05, 3.63) is 11.4 Å². The van der Waals surface area contributed by atoms with E-state index in [4.69, 9.17) is 16.9 Å². The lowest BCUT2D eigenvalue weighted by atomic mass is 10.1. The van der Waals surface area contributed by atoms with Crippen LogP contribution in [0.2, 0.25) is 0 Å². The van der Waals surface area contributed by atoms with Crippen LogP contribution in [0.5, 0.6) is 0 Å². The molecular formula is C16H26N2O4. The van der Waals surface area contributed by atoms with Crippen molar-refractivity contribution in [2.24, 2.45) is 0 Å². The zero-order chi connectivity index (χ0) is 16.9. The molecule has 0 radical (unpaired) electrons. The smallest absolute Gasteiger partial charge is 0.303 e. The molecule has 0 amide bonds. The Morgan fingerprint density at radius 1 is 1.14 bits per heavy atom. The SMILES string of the molecule is O=COCCCCCCCCC(=O)O.[C-]#[N+]CCCCC#N. The molecule has 0 rings (SSSR count). The van der Waals surface area contributed by atoms with Crippen molar-refractivity contribution in [3.63, 3.8) is 0 Å². The molecule has 22 heavy (non-hydrogen) atoms. The largest absolute Gasteiger partial charge is 0.481 e. The molecule has 0 fully saturated rings. The number of unbranched alkanes of at least 4 members (excludes halogenated alkanes) is 7. The average molecular weight is 310 g/mol. The first-order valence-corrected chi connectivity index (χ1v) is 7.66. The van der Waals surface area contributed by atoms with Gasteiger partial charge in [0, 0.05) is 19.3 Å². The number of hydrogen-bond donors (Lipinski definition) is 1. The molecule has 0 aliphatic heterocycles. The molecule has 6 nitrogen and oxygen atoms in total. The third kappa shape index (κ3) is 26.5. The number of carboxylic acids is 1. The van der Waals surface area contributed by atoms with Gasteiger partial charge >= 0.3 is 5.97 Å². The molecule has 0 spiro atoms. The number of hydrogen-bond acceptors (Lipinski definition) is 4. The van der Waals surface area contributed by atoms with Gasteiger partial charge in [-0.1, -0.05) is 25.7 Å². The van der Waals surface area contributed by atoms with Crippen LogP contribution in [-0.4, -0.2) is 30.7 Å². The van der Waals surface area contributed by atoms with E-state index in [1.165, 1.54) is 0 Å². The van der Waals surface area contributed by atoms with Crippen LogP contribution in [0, 0.1) is 17.9 Å². The molecule has 0 aromatic heterocycles. The van der Waals surface area contributed by atoms with Crippen molar-refractivity contribution in [2.45, 2.75) is 64.2 Å². The minimum Gasteiger partial charge on any atom is -0.481 e. The molecule has 0 heterocycles. The highest BCUT2D eigenvalue weighted by Crippen LogP contribution is 2.06. The van der Waals surface area contributed by atoms with E-state index in [0.29, 0.717) is 26.0 Å². The predicted octanol–water partition coefficient (Wildman–Crippen LogP) is 3.57. The first-order chi connectivity index (χ1) is 10.7. The van der Waals surface area contributed by atoms with Crippen LogP contribution < -0.4 is 0 Å². The second-order valence-corrected chi connectivity index (χ2v) is 4.73. The number of carboxylic acid groups (broad SMARTS) is 1. The Balaban J connectivity index is 0. The minimum atomic E-state index is -0.718. The van der Waals surface area contributed by atoms with Gasteiger partial charge in [0.2, 0.25) is 6.54 Å². The van der Waals surface area contributed by atoms with Crippen LogP contribution in [0.4, 0.5) is 0 Å². The van der Waals surface area contributed by atoms with Gasteiger partial charge in [0.25, 0.3) is 6.47 Å². The molecule has 0 saturated carbocycles. The Morgan fingerprint density at radius 2 is 1.77 bits per heavy atom. The van der Waals surface area contributed by atoms with Crippen LogP contribution in [0.25, 0.3) is 4.85 Å². The van der Waals surface area contributed by atoms with Gasteiger partial charge < -0.3 is 14.7 Å². The normalized spacial score (nSPS) is 8.82. The first kappa shape index (κ1) is 22.2. The van der Waals surface area contributed by atoms with Crippen LogP contribution >= 0.6 is 0 Å². The third-order valence-corrected chi connectivity index (χ3v) is 2.78. The Bertz CT molecular complexity index is 329. The number of carbonyl (C=O) groups excluding carboxylic acids is 1. The maximum atomic E-state index is 10.2. The van der Waals surface area contributed by atoms with Crippen LogP contribution in [-0.2, 0) is 14.3 Å². The summed E-state index contributed by atoms with van der Waals surface area (Å²) in [6.45, 7) is 7.92. The van der Waals surface area contributed by atoms with Crippen molar-refractivity contribution >= 4 is 12.4 Å². The van der Waals surface area contributed by atoms with Crippen LogP contribution in [0.3, 0.4) is 0 Å². The summed E-state index contributed by atoms with van der Waals surface area (Å²) in [4.78, 5) is 23.1. The zero-order valence-corrected chi connectivity index (χ0v) is 13.1. The van der Waals surface area contributed by atoms with Crippen LogP contribution in [0.1, 0.15) is 64.2 Å². The van der Waals surface area contributed by atoms with Crippen molar-refractivity contribution in [1.82, 2.24) is 0 Å². The molecule has 0 aromatic carbocycles. The second-order valence-electron chi connectivity index (χ2n) is 4.73. The van der Waals surface area contributed by atoms with Crippen molar-refractivity contribution in [2.75, 3.05) is 13.2 Å².